The predicted molar refractivity (Wildman–Crippen MR) is 120 cm³/mol. The third-order valence-electron chi connectivity index (χ3n) is 6.20. The van der Waals surface area contributed by atoms with Gasteiger partial charge in [0.2, 0.25) is 5.91 Å². The number of nitrogens with one attached hydrogen (secondary N) is 2. The number of anilines is 3. The smallest absolute Gasteiger partial charge is 0.325 e. The van der Waals surface area contributed by atoms with Gasteiger partial charge in [0.15, 0.2) is 0 Å². The first kappa shape index (κ1) is 20.9. The number of imide groups is 1. The minimum absolute atomic E-state index is 0.0542. The van der Waals surface area contributed by atoms with Crippen molar-refractivity contribution in [2.45, 2.75) is 44.1 Å². The summed E-state index contributed by atoms with van der Waals surface area (Å²) in [5, 5.41) is 5.82. The molecule has 0 aromatic heterocycles. The van der Waals surface area contributed by atoms with E-state index in [1.165, 1.54) is 4.90 Å². The van der Waals surface area contributed by atoms with Crippen molar-refractivity contribution >= 4 is 34.9 Å². The number of rotatable bonds is 6. The molecule has 7 heteroatoms. The fraction of sp³-hybridized carbons (Fsp3) is 0.375. The second kappa shape index (κ2) is 8.79. The summed E-state index contributed by atoms with van der Waals surface area (Å²) in [6, 6.07) is 17.1. The zero-order chi connectivity index (χ0) is 21.8. The van der Waals surface area contributed by atoms with Crippen molar-refractivity contribution in [1.29, 1.82) is 0 Å². The first-order chi connectivity index (χ1) is 15.0. The second-order valence-corrected chi connectivity index (χ2v) is 8.24. The van der Waals surface area contributed by atoms with E-state index in [1.807, 2.05) is 66.5 Å². The number of carbonyl (C=O) groups excluding carboxylic acids is 3. The minimum atomic E-state index is -0.753. The number of para-hydroxylation sites is 3. The average molecular weight is 421 g/mol. The highest BCUT2D eigenvalue weighted by molar-refractivity contribution is 6.07. The Morgan fingerprint density at radius 1 is 1.03 bits per heavy atom. The third kappa shape index (κ3) is 4.26. The van der Waals surface area contributed by atoms with Gasteiger partial charge >= 0.3 is 6.03 Å². The standard InChI is InChI=1S/C24H28N4O3/c1-27(18-10-4-2-5-11-18)20-13-7-6-12-19(20)25-21(29)14-17-28-22(30)24(26-23(28)31)15-8-3-9-16-24/h2,4-7,10-13H,3,8-9,14-17H2,1H3,(H,25,29)(H,26,31). The van der Waals surface area contributed by atoms with E-state index in [-0.39, 0.29) is 30.8 Å². The Labute approximate surface area is 182 Å². The molecule has 0 atom stereocenters. The highest BCUT2D eigenvalue weighted by Gasteiger charge is 2.51. The Bertz CT molecular complexity index is 970. The van der Waals surface area contributed by atoms with Crippen LogP contribution in [0.1, 0.15) is 38.5 Å². The molecule has 1 saturated heterocycles. The van der Waals surface area contributed by atoms with Crippen LogP contribution in [-0.2, 0) is 9.59 Å². The predicted octanol–water partition coefficient (Wildman–Crippen LogP) is 4.04. The van der Waals surface area contributed by atoms with Gasteiger partial charge in [0.1, 0.15) is 5.54 Å². The van der Waals surface area contributed by atoms with Crippen molar-refractivity contribution in [3.05, 3.63) is 54.6 Å². The summed E-state index contributed by atoms with van der Waals surface area (Å²) in [5.74, 6) is -0.423. The van der Waals surface area contributed by atoms with Crippen molar-refractivity contribution in [1.82, 2.24) is 10.2 Å². The van der Waals surface area contributed by atoms with Gasteiger partial charge in [0.05, 0.1) is 11.4 Å². The number of urea groups is 1. The lowest BCUT2D eigenvalue weighted by molar-refractivity contribution is -0.132. The van der Waals surface area contributed by atoms with E-state index < -0.39 is 5.54 Å². The van der Waals surface area contributed by atoms with Crippen LogP contribution in [0.5, 0.6) is 0 Å². The molecule has 4 amide bonds. The number of carbonyl (C=O) groups is 3. The average Bonchev–Trinajstić information content (AvgIpc) is 3.02. The zero-order valence-corrected chi connectivity index (χ0v) is 17.8. The van der Waals surface area contributed by atoms with Crippen molar-refractivity contribution in [3.8, 4) is 0 Å². The highest BCUT2D eigenvalue weighted by atomic mass is 16.2. The van der Waals surface area contributed by atoms with E-state index in [9.17, 15) is 14.4 Å². The minimum Gasteiger partial charge on any atom is -0.343 e. The molecule has 0 bridgehead atoms. The number of benzene rings is 2. The molecule has 2 aromatic carbocycles. The van der Waals surface area contributed by atoms with E-state index in [0.717, 1.165) is 30.6 Å². The first-order valence-corrected chi connectivity index (χ1v) is 10.8. The van der Waals surface area contributed by atoms with Crippen LogP contribution < -0.4 is 15.5 Å². The van der Waals surface area contributed by atoms with E-state index >= 15 is 0 Å². The van der Waals surface area contributed by atoms with Gasteiger partial charge in [-0.05, 0) is 37.1 Å². The molecule has 31 heavy (non-hydrogen) atoms. The number of hydrogen-bond donors (Lipinski definition) is 2. The summed E-state index contributed by atoms with van der Waals surface area (Å²) in [7, 11) is 1.94. The van der Waals surface area contributed by atoms with Gasteiger partial charge in [-0.1, -0.05) is 49.6 Å². The van der Waals surface area contributed by atoms with Crippen molar-refractivity contribution in [2.24, 2.45) is 0 Å². The molecule has 1 spiro atoms. The van der Waals surface area contributed by atoms with Crippen LogP contribution in [0.2, 0.25) is 0 Å². The molecule has 2 fully saturated rings. The Morgan fingerprint density at radius 2 is 1.71 bits per heavy atom. The van der Waals surface area contributed by atoms with Crippen LogP contribution in [0.4, 0.5) is 21.9 Å². The first-order valence-electron chi connectivity index (χ1n) is 10.8. The summed E-state index contributed by atoms with van der Waals surface area (Å²) in [5.41, 5.74) is 1.79. The van der Waals surface area contributed by atoms with Crippen LogP contribution in [0.15, 0.2) is 54.6 Å². The lowest BCUT2D eigenvalue weighted by Gasteiger charge is -2.30. The van der Waals surface area contributed by atoms with E-state index in [2.05, 4.69) is 10.6 Å². The quantitative estimate of drug-likeness (QED) is 0.691. The molecule has 0 unspecified atom stereocenters. The normalized spacial score (nSPS) is 17.5. The monoisotopic (exact) mass is 420 g/mol. The van der Waals surface area contributed by atoms with Crippen molar-refractivity contribution in [2.75, 3.05) is 23.8 Å². The Kier molecular flexibility index (Phi) is 5.93. The molecule has 1 heterocycles. The summed E-state index contributed by atoms with van der Waals surface area (Å²) in [6.07, 6.45) is 4.37. The molecule has 4 rings (SSSR count). The topological polar surface area (TPSA) is 81.8 Å². The Hall–Kier alpha value is -3.35. The molecule has 1 saturated carbocycles. The summed E-state index contributed by atoms with van der Waals surface area (Å²) >= 11 is 0. The Morgan fingerprint density at radius 3 is 2.45 bits per heavy atom. The van der Waals surface area contributed by atoms with Crippen molar-refractivity contribution < 1.29 is 14.4 Å². The fourth-order valence-electron chi connectivity index (χ4n) is 4.46. The lowest BCUT2D eigenvalue weighted by Crippen LogP contribution is -2.48. The molecule has 7 nitrogen and oxygen atoms in total. The van der Waals surface area contributed by atoms with Crippen molar-refractivity contribution in [3.63, 3.8) is 0 Å². The SMILES string of the molecule is CN(c1ccccc1)c1ccccc1NC(=O)CCN1C(=O)NC2(CCCCC2)C1=O. The number of amides is 4. The van der Waals surface area contributed by atoms with Crippen LogP contribution >= 0.6 is 0 Å². The molecule has 2 aliphatic rings. The van der Waals surface area contributed by atoms with Crippen LogP contribution in [-0.4, -0.2) is 41.9 Å². The van der Waals surface area contributed by atoms with E-state index in [0.29, 0.717) is 18.5 Å². The Balaban J connectivity index is 1.40. The molecule has 2 N–H and O–H groups in total. The van der Waals surface area contributed by atoms with Gasteiger partial charge in [-0.15, -0.1) is 0 Å². The summed E-state index contributed by atoms with van der Waals surface area (Å²) in [6.45, 7) is 0.0783. The highest BCUT2D eigenvalue weighted by Crippen LogP contribution is 2.34. The van der Waals surface area contributed by atoms with E-state index in [1.54, 1.807) is 0 Å². The van der Waals surface area contributed by atoms with Crippen LogP contribution in [0.25, 0.3) is 0 Å². The molecule has 162 valence electrons. The molecule has 1 aliphatic heterocycles. The molecule has 2 aromatic rings. The summed E-state index contributed by atoms with van der Waals surface area (Å²) < 4.78 is 0. The second-order valence-electron chi connectivity index (χ2n) is 8.24. The third-order valence-corrected chi connectivity index (χ3v) is 6.20. The van der Waals surface area contributed by atoms with Gasteiger partial charge < -0.3 is 15.5 Å². The van der Waals surface area contributed by atoms with Gasteiger partial charge in [0.25, 0.3) is 5.91 Å². The molecular formula is C24H28N4O3. The van der Waals surface area contributed by atoms with Gasteiger partial charge in [-0.25, -0.2) is 4.79 Å². The molecule has 0 radical (unpaired) electrons. The van der Waals surface area contributed by atoms with Gasteiger partial charge in [0, 0.05) is 25.7 Å². The largest absolute Gasteiger partial charge is 0.343 e. The number of nitrogens with zero attached hydrogens (tertiary/aromatic N) is 2. The van der Waals surface area contributed by atoms with Gasteiger partial charge in [-0.3, -0.25) is 14.5 Å². The lowest BCUT2D eigenvalue weighted by atomic mass is 9.82. The number of hydrogen-bond acceptors (Lipinski definition) is 4. The fourth-order valence-corrected chi connectivity index (χ4v) is 4.46. The summed E-state index contributed by atoms with van der Waals surface area (Å²) in [4.78, 5) is 41.1. The maximum Gasteiger partial charge on any atom is 0.325 e. The maximum absolute atomic E-state index is 12.9. The van der Waals surface area contributed by atoms with Gasteiger partial charge in [-0.2, -0.15) is 0 Å². The van der Waals surface area contributed by atoms with Crippen LogP contribution in [0, 0.1) is 0 Å². The maximum atomic E-state index is 12.9. The van der Waals surface area contributed by atoms with Crippen LogP contribution in [0.3, 0.4) is 0 Å². The van der Waals surface area contributed by atoms with E-state index in [4.69, 9.17) is 0 Å². The molecule has 1 aliphatic carbocycles. The zero-order valence-electron chi connectivity index (χ0n) is 17.8. The molecular weight excluding hydrogens is 392 g/mol.